The van der Waals surface area contributed by atoms with Gasteiger partial charge in [0.05, 0.1) is 12.5 Å². The maximum Gasteiger partial charge on any atom is 0.267 e. The number of nitrogens with zero attached hydrogens (tertiary/aromatic N) is 1. The summed E-state index contributed by atoms with van der Waals surface area (Å²) >= 11 is 0. The number of imide groups is 1. The van der Waals surface area contributed by atoms with E-state index in [1.165, 1.54) is 12.1 Å². The van der Waals surface area contributed by atoms with E-state index in [0.29, 0.717) is 18.7 Å². The SMILES string of the molecule is NC1CCC(N2CCC(c3ccc(NC4CCC(=O)NC4=O)cc3F)C(F)(F)C2)CC1. The topological polar surface area (TPSA) is 87.5 Å². The molecule has 1 aromatic carbocycles. The molecular weight excluding hydrogens is 409 g/mol. The summed E-state index contributed by atoms with van der Waals surface area (Å²) in [7, 11) is 0. The van der Waals surface area contributed by atoms with E-state index >= 15 is 8.78 Å². The van der Waals surface area contributed by atoms with Gasteiger partial charge in [-0.2, -0.15) is 0 Å². The van der Waals surface area contributed by atoms with Crippen molar-refractivity contribution in [3.8, 4) is 0 Å². The number of piperidine rings is 2. The molecule has 2 atom stereocenters. The van der Waals surface area contributed by atoms with Crippen molar-refractivity contribution in [2.75, 3.05) is 18.4 Å². The third-order valence-corrected chi connectivity index (χ3v) is 6.84. The fraction of sp³-hybridized carbons (Fsp3) is 0.636. The lowest BCUT2D eigenvalue weighted by atomic mass is 9.83. The van der Waals surface area contributed by atoms with E-state index in [0.717, 1.165) is 31.7 Å². The summed E-state index contributed by atoms with van der Waals surface area (Å²) in [6.45, 7) is 0.142. The molecule has 1 aliphatic carbocycles. The first-order valence-corrected chi connectivity index (χ1v) is 11.0. The summed E-state index contributed by atoms with van der Waals surface area (Å²) in [5.41, 5.74) is 6.26. The third kappa shape index (κ3) is 4.87. The normalized spacial score (nSPS) is 31.9. The van der Waals surface area contributed by atoms with Crippen LogP contribution in [0.2, 0.25) is 0 Å². The summed E-state index contributed by atoms with van der Waals surface area (Å²) in [4.78, 5) is 25.0. The Hall–Kier alpha value is -2.13. The van der Waals surface area contributed by atoms with Crippen LogP contribution in [-0.2, 0) is 9.59 Å². The smallest absolute Gasteiger partial charge is 0.267 e. The van der Waals surface area contributed by atoms with Crippen molar-refractivity contribution in [1.29, 1.82) is 0 Å². The van der Waals surface area contributed by atoms with Crippen LogP contribution in [0.5, 0.6) is 0 Å². The van der Waals surface area contributed by atoms with E-state index in [4.69, 9.17) is 5.73 Å². The van der Waals surface area contributed by atoms with Crippen LogP contribution in [0.1, 0.15) is 56.4 Å². The first-order chi connectivity index (χ1) is 14.7. The fourth-order valence-electron chi connectivity index (χ4n) is 5.06. The maximum absolute atomic E-state index is 15.0. The molecule has 1 saturated carbocycles. The van der Waals surface area contributed by atoms with Gasteiger partial charge in [-0.05, 0) is 62.8 Å². The Balaban J connectivity index is 1.42. The number of benzene rings is 1. The van der Waals surface area contributed by atoms with Crippen molar-refractivity contribution in [2.45, 2.75) is 74.9 Å². The molecule has 0 spiro atoms. The van der Waals surface area contributed by atoms with Gasteiger partial charge in [0.25, 0.3) is 5.92 Å². The molecule has 2 amide bonds. The Kier molecular flexibility index (Phi) is 6.25. The number of hydrogen-bond donors (Lipinski definition) is 3. The first kappa shape index (κ1) is 22.1. The largest absolute Gasteiger partial charge is 0.374 e. The molecule has 4 rings (SSSR count). The van der Waals surface area contributed by atoms with E-state index in [2.05, 4.69) is 10.6 Å². The molecule has 4 N–H and O–H groups in total. The number of anilines is 1. The van der Waals surface area contributed by atoms with Gasteiger partial charge >= 0.3 is 0 Å². The Morgan fingerprint density at radius 1 is 1.10 bits per heavy atom. The number of hydrogen-bond acceptors (Lipinski definition) is 5. The molecule has 2 saturated heterocycles. The minimum Gasteiger partial charge on any atom is -0.374 e. The highest BCUT2D eigenvalue weighted by Gasteiger charge is 2.47. The Bertz CT molecular complexity index is 842. The Labute approximate surface area is 179 Å². The van der Waals surface area contributed by atoms with E-state index in [9.17, 15) is 14.0 Å². The molecule has 3 aliphatic rings. The van der Waals surface area contributed by atoms with Gasteiger partial charge in [-0.3, -0.25) is 19.8 Å². The van der Waals surface area contributed by atoms with Gasteiger partial charge in [0.2, 0.25) is 11.8 Å². The Morgan fingerprint density at radius 2 is 1.84 bits per heavy atom. The zero-order valence-electron chi connectivity index (χ0n) is 17.4. The number of halogens is 3. The molecule has 0 bridgehead atoms. The van der Waals surface area contributed by atoms with Crippen molar-refractivity contribution < 1.29 is 22.8 Å². The van der Waals surface area contributed by atoms with Crippen molar-refractivity contribution in [3.63, 3.8) is 0 Å². The highest BCUT2D eigenvalue weighted by atomic mass is 19.3. The number of likely N-dealkylation sites (tertiary alicyclic amines) is 1. The number of carbonyl (C=O) groups is 2. The number of nitrogens with two attached hydrogens (primary N) is 1. The van der Waals surface area contributed by atoms with Gasteiger partial charge in [0.15, 0.2) is 0 Å². The van der Waals surface area contributed by atoms with Gasteiger partial charge in [0.1, 0.15) is 11.9 Å². The monoisotopic (exact) mass is 438 g/mol. The quantitative estimate of drug-likeness (QED) is 0.630. The molecule has 170 valence electrons. The van der Waals surface area contributed by atoms with Crippen molar-refractivity contribution in [1.82, 2.24) is 10.2 Å². The second-order valence-corrected chi connectivity index (χ2v) is 9.03. The fourth-order valence-corrected chi connectivity index (χ4v) is 5.06. The third-order valence-electron chi connectivity index (χ3n) is 6.84. The van der Waals surface area contributed by atoms with Gasteiger partial charge in [-0.15, -0.1) is 0 Å². The molecule has 0 aromatic heterocycles. The molecule has 1 aromatic rings. The number of carbonyl (C=O) groups excluding carboxylic acids is 2. The summed E-state index contributed by atoms with van der Waals surface area (Å²) < 4.78 is 44.9. The standard InChI is InChI=1S/C22H29F3N4O2/c23-18-11-14(27-19-7-8-20(30)28-21(19)31)3-6-16(18)17-9-10-29(12-22(17,24)25)15-4-1-13(26)2-5-15/h3,6,11,13,15,17,19,27H,1-2,4-5,7-10,12,26H2,(H,28,30,31). The second-order valence-electron chi connectivity index (χ2n) is 9.03. The van der Waals surface area contributed by atoms with Crippen LogP contribution in [0.15, 0.2) is 18.2 Å². The van der Waals surface area contributed by atoms with E-state index < -0.39 is 29.6 Å². The molecule has 0 radical (unpaired) electrons. The van der Waals surface area contributed by atoms with Crippen molar-refractivity contribution in [3.05, 3.63) is 29.6 Å². The van der Waals surface area contributed by atoms with Crippen LogP contribution >= 0.6 is 0 Å². The number of alkyl halides is 2. The van der Waals surface area contributed by atoms with Crippen LogP contribution in [0.3, 0.4) is 0 Å². The van der Waals surface area contributed by atoms with Gasteiger partial charge in [0, 0.05) is 24.2 Å². The lowest BCUT2D eigenvalue weighted by molar-refractivity contribution is -0.133. The minimum atomic E-state index is -3.03. The summed E-state index contributed by atoms with van der Waals surface area (Å²) in [6, 6.07) is 3.69. The van der Waals surface area contributed by atoms with Crippen molar-refractivity contribution in [2.24, 2.45) is 5.73 Å². The first-order valence-electron chi connectivity index (χ1n) is 11.0. The number of amides is 2. The van der Waals surface area contributed by atoms with Crippen LogP contribution in [-0.4, -0.2) is 53.9 Å². The minimum absolute atomic E-state index is 0.00383. The van der Waals surface area contributed by atoms with Crippen LogP contribution in [0.4, 0.5) is 18.9 Å². The molecule has 2 heterocycles. The molecule has 31 heavy (non-hydrogen) atoms. The molecule has 3 fully saturated rings. The van der Waals surface area contributed by atoms with Crippen LogP contribution < -0.4 is 16.4 Å². The van der Waals surface area contributed by atoms with Gasteiger partial charge < -0.3 is 11.1 Å². The van der Waals surface area contributed by atoms with Crippen LogP contribution in [0, 0.1) is 5.82 Å². The van der Waals surface area contributed by atoms with Gasteiger partial charge in [-0.1, -0.05) is 6.07 Å². The summed E-state index contributed by atoms with van der Waals surface area (Å²) in [5.74, 6) is -5.73. The molecular formula is C22H29F3N4O2. The lowest BCUT2D eigenvalue weighted by Crippen LogP contribution is -2.52. The average molecular weight is 438 g/mol. The van der Waals surface area contributed by atoms with Crippen LogP contribution in [0.25, 0.3) is 0 Å². The molecule has 2 aliphatic heterocycles. The van der Waals surface area contributed by atoms with Crippen molar-refractivity contribution >= 4 is 17.5 Å². The zero-order valence-corrected chi connectivity index (χ0v) is 17.4. The number of nitrogens with one attached hydrogen (secondary N) is 2. The zero-order chi connectivity index (χ0) is 22.2. The molecule has 2 unspecified atom stereocenters. The molecule has 6 nitrogen and oxygen atoms in total. The van der Waals surface area contributed by atoms with Gasteiger partial charge in [-0.25, -0.2) is 13.2 Å². The highest BCUT2D eigenvalue weighted by Crippen LogP contribution is 2.43. The average Bonchev–Trinajstić information content (AvgIpc) is 2.71. The predicted octanol–water partition coefficient (Wildman–Crippen LogP) is 2.74. The predicted molar refractivity (Wildman–Crippen MR) is 110 cm³/mol. The summed E-state index contributed by atoms with van der Waals surface area (Å²) in [6.07, 6.45) is 4.05. The van der Waals surface area contributed by atoms with E-state index in [-0.39, 0.29) is 42.9 Å². The van der Waals surface area contributed by atoms with E-state index in [1.807, 2.05) is 4.90 Å². The highest BCUT2D eigenvalue weighted by molar-refractivity contribution is 6.01. The lowest BCUT2D eigenvalue weighted by Gasteiger charge is -2.44. The second kappa shape index (κ2) is 8.78. The Morgan fingerprint density at radius 3 is 2.48 bits per heavy atom. The summed E-state index contributed by atoms with van der Waals surface area (Å²) in [5, 5.41) is 5.11. The maximum atomic E-state index is 15.0. The molecule has 9 heteroatoms. The number of rotatable bonds is 4. The van der Waals surface area contributed by atoms with E-state index in [1.54, 1.807) is 0 Å².